The molecule has 0 saturated carbocycles. The van der Waals surface area contributed by atoms with Gasteiger partial charge in [0, 0.05) is 0 Å². The zero-order valence-electron chi connectivity index (χ0n) is 4.79. The molecule has 0 N–H and O–H groups in total. The van der Waals surface area contributed by atoms with Crippen LogP contribution in [0.5, 0.6) is 0 Å². The van der Waals surface area contributed by atoms with Crippen molar-refractivity contribution in [2.75, 3.05) is 0 Å². The zero-order valence-corrected chi connectivity index (χ0v) is 4.79. The molecule has 0 atom stereocenters. The van der Waals surface area contributed by atoms with Gasteiger partial charge in [0.15, 0.2) is 0 Å². The van der Waals surface area contributed by atoms with Crippen LogP contribution in [0.25, 0.3) is 0 Å². The van der Waals surface area contributed by atoms with Crippen LogP contribution in [0.1, 0.15) is 6.92 Å². The predicted molar refractivity (Wildman–Crippen MR) is 35.8 cm³/mol. The van der Waals surface area contributed by atoms with E-state index in [1.54, 1.807) is 6.26 Å². The summed E-state index contributed by atoms with van der Waals surface area (Å²) in [5, 5.41) is 0. The molecule has 40 valence electrons. The molecule has 0 bridgehead atoms. The van der Waals surface area contributed by atoms with E-state index in [4.69, 9.17) is 4.42 Å². The average molecular weight is 106 g/mol. The first-order valence-corrected chi connectivity index (χ1v) is 2.59. The van der Waals surface area contributed by atoms with Crippen LogP contribution >= 0.6 is 0 Å². The van der Waals surface area contributed by atoms with E-state index >= 15 is 0 Å². The molecule has 1 rings (SSSR count). The Balaban J connectivity index is 2.77. The van der Waals surface area contributed by atoms with Gasteiger partial charge in [0.25, 0.3) is 0 Å². The Morgan fingerprint density at radius 1 is 1.75 bits per heavy atom. The molecular weight excluding hydrogens is 98.9 g/mol. The monoisotopic (exact) mass is 106 g/mol. The minimum absolute atomic E-state index is 0.910. The molecule has 0 aromatic carbocycles. The summed E-state index contributed by atoms with van der Waals surface area (Å²) in [6.07, 6.45) is 1.66. The molecule has 0 radical (unpaired) electrons. The third-order valence-electron chi connectivity index (χ3n) is 0.874. The van der Waals surface area contributed by atoms with Crippen molar-refractivity contribution in [3.63, 3.8) is 0 Å². The van der Waals surface area contributed by atoms with Gasteiger partial charge in [-0.1, -0.05) is 0 Å². The van der Waals surface area contributed by atoms with Gasteiger partial charge in [0.1, 0.15) is 0 Å². The Hall–Kier alpha value is -0.785. The molecule has 0 aliphatic carbocycles. The molecule has 1 aromatic heterocycles. The third-order valence-corrected chi connectivity index (χ3v) is 0.874. The Morgan fingerprint density at radius 2 is 2.62 bits per heavy atom. The molecular formula is C6H7BO. The molecule has 0 unspecified atom stereocenters. The molecule has 2 heteroatoms. The maximum atomic E-state index is 4.99. The van der Waals surface area contributed by atoms with Crippen LogP contribution in [0.3, 0.4) is 0 Å². The van der Waals surface area contributed by atoms with Crippen LogP contribution in [0.15, 0.2) is 22.8 Å². The maximum absolute atomic E-state index is 4.99. The standard InChI is InChI=1S/C6H7BO/c1-2-7-6-4-3-5-8-6/h2-5H,1H3. The van der Waals surface area contributed by atoms with Crippen molar-refractivity contribution in [1.82, 2.24) is 0 Å². The quantitative estimate of drug-likeness (QED) is 0.473. The van der Waals surface area contributed by atoms with E-state index in [-0.39, 0.29) is 0 Å². The first kappa shape index (κ1) is 5.35. The van der Waals surface area contributed by atoms with E-state index in [0.29, 0.717) is 0 Å². The first-order chi connectivity index (χ1) is 3.93. The van der Waals surface area contributed by atoms with E-state index in [1.807, 2.05) is 31.9 Å². The fourth-order valence-electron chi connectivity index (χ4n) is 0.550. The summed E-state index contributed by atoms with van der Waals surface area (Å²) in [6.45, 7) is 3.88. The number of rotatable bonds is 1. The molecule has 0 amide bonds. The average Bonchev–Trinajstić information content (AvgIpc) is 2.19. The molecule has 1 nitrogen and oxygen atoms in total. The summed E-state index contributed by atoms with van der Waals surface area (Å²) in [5.74, 6) is 1.94. The summed E-state index contributed by atoms with van der Waals surface area (Å²) >= 11 is 0. The van der Waals surface area contributed by atoms with Crippen LogP contribution in [0.2, 0.25) is 0 Å². The summed E-state index contributed by atoms with van der Waals surface area (Å²) < 4.78 is 4.99. The summed E-state index contributed by atoms with van der Waals surface area (Å²) in [4.78, 5) is 0. The van der Waals surface area contributed by atoms with Crippen molar-refractivity contribution < 1.29 is 4.42 Å². The molecule has 0 spiro atoms. The van der Waals surface area contributed by atoms with E-state index in [2.05, 4.69) is 0 Å². The first-order valence-electron chi connectivity index (χ1n) is 2.59. The van der Waals surface area contributed by atoms with Crippen LogP contribution in [0.4, 0.5) is 0 Å². The normalized spacial score (nSPS) is 9.62. The molecule has 0 saturated heterocycles. The summed E-state index contributed by atoms with van der Waals surface area (Å²) in [5.41, 5.74) is 0.910. The van der Waals surface area contributed by atoms with Gasteiger partial charge in [-0.3, -0.25) is 0 Å². The van der Waals surface area contributed by atoms with Crippen LogP contribution in [-0.4, -0.2) is 12.9 Å². The van der Waals surface area contributed by atoms with Crippen LogP contribution in [-0.2, 0) is 0 Å². The van der Waals surface area contributed by atoms with Crippen molar-refractivity contribution in [3.05, 3.63) is 18.4 Å². The van der Waals surface area contributed by atoms with E-state index < -0.39 is 0 Å². The molecule has 0 fully saturated rings. The van der Waals surface area contributed by atoms with Gasteiger partial charge in [-0.25, -0.2) is 0 Å². The van der Waals surface area contributed by atoms with Crippen molar-refractivity contribution >= 4 is 18.5 Å². The third kappa shape index (κ3) is 1.09. The van der Waals surface area contributed by atoms with E-state index in [9.17, 15) is 0 Å². The second kappa shape index (κ2) is 2.50. The van der Waals surface area contributed by atoms with E-state index in [1.165, 1.54) is 0 Å². The fraction of sp³-hybridized carbons (Fsp3) is 0.167. The second-order valence-electron chi connectivity index (χ2n) is 1.52. The molecule has 0 aliphatic heterocycles. The topological polar surface area (TPSA) is 13.1 Å². The van der Waals surface area contributed by atoms with E-state index in [0.717, 1.165) is 5.66 Å². The van der Waals surface area contributed by atoms with Gasteiger partial charge in [-0.2, -0.15) is 0 Å². The molecule has 1 aromatic rings. The zero-order chi connectivity index (χ0) is 5.82. The number of hydrogen-bond donors (Lipinski definition) is 0. The summed E-state index contributed by atoms with van der Waals surface area (Å²) in [7, 11) is 0. The summed E-state index contributed by atoms with van der Waals surface area (Å²) in [6, 6.07) is 3.79. The SMILES string of the molecule is CC=Bc1ccco1. The van der Waals surface area contributed by atoms with Crippen LogP contribution < -0.4 is 5.66 Å². The Bertz CT molecular complexity index is 165. The van der Waals surface area contributed by atoms with Crippen molar-refractivity contribution in [1.29, 1.82) is 0 Å². The van der Waals surface area contributed by atoms with Gasteiger partial charge >= 0.3 is 48.3 Å². The Morgan fingerprint density at radius 3 is 3.12 bits per heavy atom. The van der Waals surface area contributed by atoms with Crippen LogP contribution in [0, 0.1) is 0 Å². The fourth-order valence-corrected chi connectivity index (χ4v) is 0.550. The van der Waals surface area contributed by atoms with Crippen molar-refractivity contribution in [3.8, 4) is 0 Å². The van der Waals surface area contributed by atoms with Crippen molar-refractivity contribution in [2.24, 2.45) is 0 Å². The Kier molecular flexibility index (Phi) is 1.68. The van der Waals surface area contributed by atoms with Gasteiger partial charge in [-0.15, -0.1) is 0 Å². The predicted octanol–water partition coefficient (Wildman–Crippen LogP) is 0.431. The number of hydrogen-bond acceptors (Lipinski definition) is 1. The molecule has 1 heterocycles. The van der Waals surface area contributed by atoms with Gasteiger partial charge in [0.2, 0.25) is 0 Å². The Labute approximate surface area is 49.2 Å². The minimum atomic E-state index is 0.910. The second-order valence-corrected chi connectivity index (χ2v) is 1.52. The molecule has 0 aliphatic rings. The van der Waals surface area contributed by atoms with Gasteiger partial charge in [0.05, 0.1) is 0 Å². The van der Waals surface area contributed by atoms with Gasteiger partial charge < -0.3 is 0 Å². The number of furan rings is 1. The van der Waals surface area contributed by atoms with Gasteiger partial charge in [-0.05, 0) is 0 Å². The van der Waals surface area contributed by atoms with Crippen molar-refractivity contribution in [2.45, 2.75) is 6.92 Å². The molecule has 8 heavy (non-hydrogen) atoms.